The zero-order valence-electron chi connectivity index (χ0n) is 6.48. The standard InChI is InChI=1S/C5H8Cl5O2P/c6-1-5(2-7,3-8)4-12-13(9,10)11/h1-4H2. The maximum Gasteiger partial charge on any atom is 0.380 e. The first-order valence-corrected chi connectivity index (χ1v) is 8.25. The van der Waals surface area contributed by atoms with Crippen LogP contribution in [0.4, 0.5) is 0 Å². The summed E-state index contributed by atoms with van der Waals surface area (Å²) in [6.45, 7) is -0.0201. The van der Waals surface area contributed by atoms with Gasteiger partial charge in [0.2, 0.25) is 0 Å². The van der Waals surface area contributed by atoms with Gasteiger partial charge in [-0.05, 0) is 22.5 Å². The fourth-order valence-electron chi connectivity index (χ4n) is 0.435. The summed E-state index contributed by atoms with van der Waals surface area (Å²) >= 11 is 27.2. The van der Waals surface area contributed by atoms with Gasteiger partial charge in [-0.15, -0.1) is 34.8 Å². The van der Waals surface area contributed by atoms with Crippen LogP contribution in [0.5, 0.6) is 0 Å². The fraction of sp³-hybridized carbons (Fsp3) is 1.00. The largest absolute Gasteiger partial charge is 0.380 e. The van der Waals surface area contributed by atoms with Gasteiger partial charge >= 0.3 is 6.07 Å². The topological polar surface area (TPSA) is 26.3 Å². The first-order valence-electron chi connectivity index (χ1n) is 3.21. The van der Waals surface area contributed by atoms with Gasteiger partial charge in [-0.3, -0.25) is 4.57 Å². The van der Waals surface area contributed by atoms with E-state index in [2.05, 4.69) is 0 Å². The Bertz CT molecular complexity index is 181. The second kappa shape index (κ2) is 6.27. The van der Waals surface area contributed by atoms with E-state index in [4.69, 9.17) is 61.8 Å². The van der Waals surface area contributed by atoms with E-state index in [1.165, 1.54) is 0 Å². The minimum absolute atomic E-state index is 0.0201. The molecule has 2 nitrogen and oxygen atoms in total. The van der Waals surface area contributed by atoms with Gasteiger partial charge in [0.15, 0.2) is 0 Å². The molecule has 13 heavy (non-hydrogen) atoms. The highest BCUT2D eigenvalue weighted by Gasteiger charge is 2.31. The lowest BCUT2D eigenvalue weighted by Crippen LogP contribution is -2.32. The molecule has 0 aliphatic carbocycles. The zero-order valence-corrected chi connectivity index (χ0v) is 11.2. The lowest BCUT2D eigenvalue weighted by Gasteiger charge is -2.26. The maximum atomic E-state index is 10.8. The van der Waals surface area contributed by atoms with E-state index < -0.39 is 11.5 Å². The van der Waals surface area contributed by atoms with Crippen LogP contribution in [0, 0.1) is 5.41 Å². The summed E-state index contributed by atoms with van der Waals surface area (Å²) in [5.74, 6) is 0.565. The van der Waals surface area contributed by atoms with Crippen LogP contribution in [0.25, 0.3) is 0 Å². The van der Waals surface area contributed by atoms with Crippen molar-refractivity contribution in [2.45, 2.75) is 0 Å². The Morgan fingerprint density at radius 3 is 1.69 bits per heavy atom. The molecule has 0 heterocycles. The van der Waals surface area contributed by atoms with Crippen LogP contribution in [-0.4, -0.2) is 24.2 Å². The van der Waals surface area contributed by atoms with Gasteiger partial charge < -0.3 is 4.52 Å². The van der Waals surface area contributed by atoms with E-state index in [1.807, 2.05) is 0 Å². The van der Waals surface area contributed by atoms with Gasteiger partial charge in [0.05, 0.1) is 6.61 Å². The third-order valence-corrected chi connectivity index (χ3v) is 4.09. The SMILES string of the molecule is O=P(Cl)(Cl)OCC(CCl)(CCl)CCl. The Labute approximate surface area is 102 Å². The van der Waals surface area contributed by atoms with E-state index in [0.717, 1.165) is 0 Å². The number of hydrogen-bond donors (Lipinski definition) is 0. The van der Waals surface area contributed by atoms with E-state index in [-0.39, 0.29) is 24.2 Å². The summed E-state index contributed by atoms with van der Waals surface area (Å²) in [6.07, 6.45) is -3.53. The van der Waals surface area contributed by atoms with Gasteiger partial charge in [0.1, 0.15) is 0 Å². The lowest BCUT2D eigenvalue weighted by molar-refractivity contribution is 0.219. The quantitative estimate of drug-likeness (QED) is 0.540. The summed E-state index contributed by atoms with van der Waals surface area (Å²) in [7, 11) is 0. The molecule has 0 atom stereocenters. The third kappa shape index (κ3) is 5.94. The maximum absolute atomic E-state index is 10.8. The summed E-state index contributed by atoms with van der Waals surface area (Å²) in [6, 6.07) is 0. The van der Waals surface area contributed by atoms with Gasteiger partial charge in [-0.2, -0.15) is 0 Å². The minimum Gasteiger partial charge on any atom is -0.306 e. The van der Waals surface area contributed by atoms with Crippen molar-refractivity contribution in [3.8, 4) is 0 Å². The van der Waals surface area contributed by atoms with Gasteiger partial charge in [0, 0.05) is 23.1 Å². The molecule has 0 amide bonds. The van der Waals surface area contributed by atoms with Crippen LogP contribution in [0.1, 0.15) is 0 Å². The van der Waals surface area contributed by atoms with Crippen molar-refractivity contribution < 1.29 is 9.09 Å². The zero-order chi connectivity index (χ0) is 10.5. The fourth-order valence-corrected chi connectivity index (χ4v) is 2.24. The number of rotatable bonds is 6. The second-order valence-corrected chi connectivity index (χ2v) is 7.67. The first-order chi connectivity index (χ1) is 5.89. The molecule has 0 radical (unpaired) electrons. The predicted molar refractivity (Wildman–Crippen MR) is 59.9 cm³/mol. The Hall–Kier alpha value is 1.64. The summed E-state index contributed by atoms with van der Waals surface area (Å²) in [4.78, 5) is 0. The lowest BCUT2D eigenvalue weighted by atomic mass is 9.98. The average molecular weight is 308 g/mol. The monoisotopic (exact) mass is 306 g/mol. The Morgan fingerprint density at radius 2 is 1.46 bits per heavy atom. The van der Waals surface area contributed by atoms with Crippen molar-refractivity contribution in [3.63, 3.8) is 0 Å². The highest BCUT2D eigenvalue weighted by atomic mass is 35.9. The van der Waals surface area contributed by atoms with Crippen molar-refractivity contribution in [1.29, 1.82) is 0 Å². The molecule has 0 saturated carbocycles. The van der Waals surface area contributed by atoms with Crippen LogP contribution in [0.15, 0.2) is 0 Å². The minimum atomic E-state index is -3.53. The molecular weight excluding hydrogens is 300 g/mol. The van der Waals surface area contributed by atoms with Crippen molar-refractivity contribution in [2.75, 3.05) is 24.2 Å². The highest BCUT2D eigenvalue weighted by molar-refractivity contribution is 8.05. The Morgan fingerprint density at radius 1 is 1.08 bits per heavy atom. The summed E-state index contributed by atoms with van der Waals surface area (Å²) < 4.78 is 15.5. The van der Waals surface area contributed by atoms with E-state index in [9.17, 15) is 4.57 Å². The predicted octanol–water partition coefficient (Wildman–Crippen LogP) is 4.29. The van der Waals surface area contributed by atoms with Crippen molar-refractivity contribution in [1.82, 2.24) is 0 Å². The van der Waals surface area contributed by atoms with E-state index in [1.54, 1.807) is 0 Å². The van der Waals surface area contributed by atoms with E-state index >= 15 is 0 Å². The molecule has 0 unspecified atom stereocenters. The van der Waals surface area contributed by atoms with E-state index in [0.29, 0.717) is 0 Å². The Kier molecular flexibility index (Phi) is 7.06. The van der Waals surface area contributed by atoms with Crippen molar-refractivity contribution >= 4 is 63.4 Å². The molecule has 80 valence electrons. The van der Waals surface area contributed by atoms with Gasteiger partial charge in [-0.1, -0.05) is 0 Å². The molecule has 0 aliphatic rings. The average Bonchev–Trinajstić information content (AvgIpc) is 2.06. The second-order valence-electron chi connectivity index (χ2n) is 2.59. The van der Waals surface area contributed by atoms with Crippen LogP contribution >= 0.6 is 63.4 Å². The normalized spacial score (nSPS) is 13.3. The van der Waals surface area contributed by atoms with Crippen LogP contribution < -0.4 is 0 Å². The van der Waals surface area contributed by atoms with Crippen molar-refractivity contribution in [2.24, 2.45) is 5.41 Å². The number of halogens is 5. The molecular formula is C5H8Cl5O2P. The van der Waals surface area contributed by atoms with Crippen LogP contribution in [-0.2, 0) is 9.09 Å². The van der Waals surface area contributed by atoms with Crippen LogP contribution in [0.3, 0.4) is 0 Å². The molecule has 0 spiro atoms. The summed E-state index contributed by atoms with van der Waals surface area (Å²) in [5.41, 5.74) is -0.635. The molecule has 0 bridgehead atoms. The van der Waals surface area contributed by atoms with Crippen molar-refractivity contribution in [3.05, 3.63) is 0 Å². The molecule has 0 fully saturated rings. The molecule has 0 saturated heterocycles. The molecule has 8 heteroatoms. The smallest absolute Gasteiger partial charge is 0.306 e. The molecule has 0 aliphatic heterocycles. The first kappa shape index (κ1) is 14.6. The molecule has 0 aromatic rings. The molecule has 0 aromatic heterocycles. The van der Waals surface area contributed by atoms with Gasteiger partial charge in [-0.25, -0.2) is 0 Å². The molecule has 0 N–H and O–H groups in total. The summed E-state index contributed by atoms with van der Waals surface area (Å²) in [5, 5.41) is 0. The van der Waals surface area contributed by atoms with Crippen LogP contribution in [0.2, 0.25) is 0 Å². The molecule has 0 rings (SSSR count). The number of hydrogen-bond acceptors (Lipinski definition) is 2. The molecule has 0 aromatic carbocycles. The Balaban J connectivity index is 4.19. The highest BCUT2D eigenvalue weighted by Crippen LogP contribution is 2.58. The number of alkyl halides is 3. The third-order valence-electron chi connectivity index (χ3n) is 1.37. The van der Waals surface area contributed by atoms with Gasteiger partial charge in [0.25, 0.3) is 0 Å².